The highest BCUT2D eigenvalue weighted by Gasteiger charge is 2.11. The van der Waals surface area contributed by atoms with E-state index in [2.05, 4.69) is 0 Å². The van der Waals surface area contributed by atoms with E-state index in [0.29, 0.717) is 12.8 Å². The zero-order valence-corrected chi connectivity index (χ0v) is 10.5. The van der Waals surface area contributed by atoms with Crippen LogP contribution in [0.4, 0.5) is 0 Å². The van der Waals surface area contributed by atoms with Gasteiger partial charge in [0.2, 0.25) is 0 Å². The molecular formula is C10H14O3S2. The van der Waals surface area contributed by atoms with E-state index < -0.39 is 9.84 Å². The Hall–Kier alpha value is -0.680. The van der Waals surface area contributed by atoms with Gasteiger partial charge in [0, 0.05) is 12.7 Å². The van der Waals surface area contributed by atoms with E-state index in [1.165, 1.54) is 17.6 Å². The summed E-state index contributed by atoms with van der Waals surface area (Å²) in [6.45, 7) is 1.89. The van der Waals surface area contributed by atoms with Gasteiger partial charge < -0.3 is 0 Å². The van der Waals surface area contributed by atoms with Crippen molar-refractivity contribution < 1.29 is 13.2 Å². The Kier molecular flexibility index (Phi) is 4.04. The van der Waals surface area contributed by atoms with E-state index in [0.717, 1.165) is 10.4 Å². The fourth-order valence-corrected chi connectivity index (χ4v) is 2.83. The van der Waals surface area contributed by atoms with E-state index in [4.69, 9.17) is 0 Å². The summed E-state index contributed by atoms with van der Waals surface area (Å²) in [5.41, 5.74) is 0.976. The Balaban J connectivity index is 2.48. The van der Waals surface area contributed by atoms with Gasteiger partial charge in [0.05, 0.1) is 10.6 Å². The number of carbonyl (C=O) groups excluding carboxylic acids is 1. The van der Waals surface area contributed by atoms with Crippen LogP contribution in [-0.2, 0) is 9.84 Å². The van der Waals surface area contributed by atoms with Crippen LogP contribution in [0.2, 0.25) is 0 Å². The zero-order valence-electron chi connectivity index (χ0n) is 8.82. The molecule has 0 aliphatic heterocycles. The van der Waals surface area contributed by atoms with Crippen LogP contribution >= 0.6 is 11.3 Å². The first kappa shape index (κ1) is 12.4. The molecule has 0 saturated carbocycles. The molecule has 1 heterocycles. The SMILES string of the molecule is Cc1ccsc1C(=O)CCCS(C)(=O)=O. The third-order valence-corrected chi connectivity index (χ3v) is 4.12. The molecule has 1 rings (SSSR count). The van der Waals surface area contributed by atoms with Gasteiger partial charge in [-0.15, -0.1) is 11.3 Å². The molecule has 0 aliphatic carbocycles. The summed E-state index contributed by atoms with van der Waals surface area (Å²) in [4.78, 5) is 12.4. The van der Waals surface area contributed by atoms with Crippen LogP contribution in [0.3, 0.4) is 0 Å². The van der Waals surface area contributed by atoms with Gasteiger partial charge in [-0.3, -0.25) is 4.79 Å². The van der Waals surface area contributed by atoms with Crippen molar-refractivity contribution in [1.29, 1.82) is 0 Å². The van der Waals surface area contributed by atoms with Crippen LogP contribution in [0.25, 0.3) is 0 Å². The maximum absolute atomic E-state index is 11.6. The molecule has 15 heavy (non-hydrogen) atoms. The van der Waals surface area contributed by atoms with E-state index in [-0.39, 0.29) is 11.5 Å². The molecule has 0 amide bonds. The Morgan fingerprint density at radius 3 is 2.60 bits per heavy atom. The average molecular weight is 246 g/mol. The number of hydrogen-bond donors (Lipinski definition) is 0. The lowest BCUT2D eigenvalue weighted by molar-refractivity contribution is 0.0985. The molecule has 1 aromatic heterocycles. The number of hydrogen-bond acceptors (Lipinski definition) is 4. The largest absolute Gasteiger partial charge is 0.293 e. The van der Waals surface area contributed by atoms with Gasteiger partial charge >= 0.3 is 0 Å². The van der Waals surface area contributed by atoms with Crippen molar-refractivity contribution in [2.45, 2.75) is 19.8 Å². The summed E-state index contributed by atoms with van der Waals surface area (Å²) in [6, 6.07) is 1.90. The minimum atomic E-state index is -2.95. The second-order valence-corrected chi connectivity index (χ2v) is 6.77. The highest BCUT2D eigenvalue weighted by Crippen LogP contribution is 2.18. The van der Waals surface area contributed by atoms with Gasteiger partial charge in [-0.25, -0.2) is 8.42 Å². The smallest absolute Gasteiger partial charge is 0.173 e. The molecule has 0 spiro atoms. The highest BCUT2D eigenvalue weighted by molar-refractivity contribution is 7.90. The maximum atomic E-state index is 11.6. The molecule has 0 bridgehead atoms. The molecule has 0 radical (unpaired) electrons. The van der Waals surface area contributed by atoms with Crippen molar-refractivity contribution in [1.82, 2.24) is 0 Å². The third kappa shape index (κ3) is 4.13. The Morgan fingerprint density at radius 2 is 2.13 bits per heavy atom. The van der Waals surface area contributed by atoms with Gasteiger partial charge in [-0.2, -0.15) is 0 Å². The van der Waals surface area contributed by atoms with E-state index >= 15 is 0 Å². The maximum Gasteiger partial charge on any atom is 0.173 e. The molecular weight excluding hydrogens is 232 g/mol. The predicted molar refractivity (Wildman–Crippen MR) is 62.3 cm³/mol. The second-order valence-electron chi connectivity index (χ2n) is 3.59. The van der Waals surface area contributed by atoms with Crippen molar-refractivity contribution in [2.75, 3.05) is 12.0 Å². The third-order valence-electron chi connectivity index (χ3n) is 2.03. The zero-order chi connectivity index (χ0) is 11.5. The van der Waals surface area contributed by atoms with Crippen LogP contribution < -0.4 is 0 Å². The Labute approximate surface area is 94.0 Å². The fraction of sp³-hybridized carbons (Fsp3) is 0.500. The molecule has 0 fully saturated rings. The standard InChI is InChI=1S/C10H14O3S2/c1-8-5-6-14-10(8)9(11)4-3-7-15(2,12)13/h5-6H,3-4,7H2,1-2H3. The number of carbonyl (C=O) groups is 1. The number of ketones is 1. The lowest BCUT2D eigenvalue weighted by atomic mass is 10.1. The quantitative estimate of drug-likeness (QED) is 0.747. The molecule has 0 aliphatic rings. The summed E-state index contributed by atoms with van der Waals surface area (Å²) in [5.74, 6) is 0.134. The summed E-state index contributed by atoms with van der Waals surface area (Å²) in [6.07, 6.45) is 1.91. The molecule has 0 saturated heterocycles. The molecule has 0 aromatic carbocycles. The lowest BCUT2D eigenvalue weighted by Crippen LogP contribution is -2.06. The normalized spacial score (nSPS) is 11.6. The van der Waals surface area contributed by atoms with Gasteiger partial charge in [0.15, 0.2) is 5.78 Å². The van der Waals surface area contributed by atoms with Crippen LogP contribution in [0.5, 0.6) is 0 Å². The first-order valence-corrected chi connectivity index (χ1v) is 7.59. The number of sulfone groups is 1. The number of thiophene rings is 1. The Morgan fingerprint density at radius 1 is 1.47 bits per heavy atom. The topological polar surface area (TPSA) is 51.2 Å². The minimum Gasteiger partial charge on any atom is -0.293 e. The summed E-state index contributed by atoms with van der Waals surface area (Å²) in [7, 11) is -2.95. The van der Waals surface area contributed by atoms with Crippen molar-refractivity contribution in [3.05, 3.63) is 21.9 Å². The first-order valence-electron chi connectivity index (χ1n) is 4.65. The van der Waals surface area contributed by atoms with Gasteiger partial charge in [-0.05, 0) is 30.4 Å². The van der Waals surface area contributed by atoms with Crippen molar-refractivity contribution >= 4 is 27.0 Å². The molecule has 0 atom stereocenters. The van der Waals surface area contributed by atoms with Crippen LogP contribution in [0.15, 0.2) is 11.4 Å². The summed E-state index contributed by atoms with van der Waals surface area (Å²) >= 11 is 1.42. The lowest BCUT2D eigenvalue weighted by Gasteiger charge is -1.99. The van der Waals surface area contributed by atoms with Crippen molar-refractivity contribution in [3.8, 4) is 0 Å². The molecule has 0 N–H and O–H groups in total. The number of rotatable bonds is 5. The Bertz CT molecular complexity index is 443. The molecule has 3 nitrogen and oxygen atoms in total. The molecule has 5 heteroatoms. The van der Waals surface area contributed by atoms with Crippen LogP contribution in [0, 0.1) is 6.92 Å². The molecule has 0 unspecified atom stereocenters. The van der Waals surface area contributed by atoms with E-state index in [9.17, 15) is 13.2 Å². The second kappa shape index (κ2) is 4.90. The minimum absolute atomic E-state index is 0.0474. The first-order chi connectivity index (χ1) is 6.90. The molecule has 84 valence electrons. The average Bonchev–Trinajstić information content (AvgIpc) is 2.48. The number of aryl methyl sites for hydroxylation is 1. The highest BCUT2D eigenvalue weighted by atomic mass is 32.2. The summed E-state index contributed by atoms with van der Waals surface area (Å²) < 4.78 is 21.7. The van der Waals surface area contributed by atoms with Gasteiger partial charge in [0.25, 0.3) is 0 Å². The fourth-order valence-electron chi connectivity index (χ4n) is 1.27. The van der Waals surface area contributed by atoms with E-state index in [1.807, 2.05) is 18.4 Å². The van der Waals surface area contributed by atoms with E-state index in [1.54, 1.807) is 0 Å². The van der Waals surface area contributed by atoms with Gasteiger partial charge in [-0.1, -0.05) is 0 Å². The summed E-state index contributed by atoms with van der Waals surface area (Å²) in [5, 5.41) is 1.87. The monoisotopic (exact) mass is 246 g/mol. The van der Waals surface area contributed by atoms with Crippen molar-refractivity contribution in [2.24, 2.45) is 0 Å². The van der Waals surface area contributed by atoms with Crippen LogP contribution in [0.1, 0.15) is 28.1 Å². The molecule has 1 aromatic rings. The number of Topliss-reactive ketones (excluding diaryl/α,β-unsaturated/α-hetero) is 1. The van der Waals surface area contributed by atoms with Crippen LogP contribution in [-0.4, -0.2) is 26.2 Å². The van der Waals surface area contributed by atoms with Gasteiger partial charge in [0.1, 0.15) is 9.84 Å². The predicted octanol–water partition coefficient (Wildman–Crippen LogP) is 2.06. The van der Waals surface area contributed by atoms with Crippen molar-refractivity contribution in [3.63, 3.8) is 0 Å².